The van der Waals surface area contributed by atoms with Crippen molar-refractivity contribution in [1.82, 2.24) is 9.66 Å². The van der Waals surface area contributed by atoms with Crippen molar-refractivity contribution in [1.29, 1.82) is 0 Å². The Morgan fingerprint density at radius 3 is 2.67 bits per heavy atom. The van der Waals surface area contributed by atoms with Crippen LogP contribution < -0.4 is 16.3 Å². The fraction of sp³-hybridized carbons (Fsp3) is 0.250. The van der Waals surface area contributed by atoms with Gasteiger partial charge in [0, 0.05) is 12.0 Å². The molecule has 18 heavy (non-hydrogen) atoms. The van der Waals surface area contributed by atoms with E-state index in [4.69, 9.17) is 16.3 Å². The molecule has 0 saturated heterocycles. The number of anilines is 1. The van der Waals surface area contributed by atoms with E-state index in [0.717, 1.165) is 28.0 Å². The fourth-order valence-corrected chi connectivity index (χ4v) is 2.31. The molecule has 1 aromatic carbocycles. The number of aromatic nitrogens is 2. The highest BCUT2D eigenvalue weighted by molar-refractivity contribution is 9.10. The van der Waals surface area contributed by atoms with Crippen LogP contribution in [0.4, 0.5) is 5.82 Å². The van der Waals surface area contributed by atoms with E-state index in [1.54, 1.807) is 7.11 Å². The number of hydrogen-bond donors (Lipinski definition) is 2. The molecule has 0 amide bonds. The van der Waals surface area contributed by atoms with E-state index in [2.05, 4.69) is 20.9 Å². The number of methoxy groups -OCH3 is 1. The Hall–Kier alpha value is -1.69. The van der Waals surface area contributed by atoms with Gasteiger partial charge in [-0.15, -0.1) is 0 Å². The van der Waals surface area contributed by atoms with Crippen LogP contribution in [0.1, 0.15) is 12.7 Å². The Balaban J connectivity index is 2.52. The molecule has 0 atom stereocenters. The van der Waals surface area contributed by atoms with Gasteiger partial charge in [0.15, 0.2) is 5.82 Å². The zero-order valence-electron chi connectivity index (χ0n) is 10.3. The van der Waals surface area contributed by atoms with Gasteiger partial charge in [0.2, 0.25) is 0 Å². The molecule has 0 saturated carbocycles. The highest BCUT2D eigenvalue weighted by atomic mass is 79.9. The molecule has 1 heterocycles. The molecule has 0 fully saturated rings. The zero-order valence-corrected chi connectivity index (χ0v) is 11.9. The lowest BCUT2D eigenvalue weighted by Gasteiger charge is -2.05. The maximum absolute atomic E-state index is 5.96. The second kappa shape index (κ2) is 4.89. The monoisotopic (exact) mass is 310 g/mol. The standard InChI is InChI=1S/C12H15BrN4O/c1-3-10-16-11(12(14)17(10)15)7-4-5-9(18-2)8(13)6-7/h4-6H,3,14-15H2,1-2H3. The van der Waals surface area contributed by atoms with E-state index in [0.29, 0.717) is 11.5 Å². The van der Waals surface area contributed by atoms with Crippen molar-refractivity contribution in [2.24, 2.45) is 0 Å². The van der Waals surface area contributed by atoms with Gasteiger partial charge in [0.25, 0.3) is 0 Å². The molecule has 1 aromatic heterocycles. The van der Waals surface area contributed by atoms with E-state index in [9.17, 15) is 0 Å². The van der Waals surface area contributed by atoms with Gasteiger partial charge >= 0.3 is 0 Å². The topological polar surface area (TPSA) is 79.1 Å². The predicted molar refractivity (Wildman–Crippen MR) is 75.9 cm³/mol. The Morgan fingerprint density at radius 1 is 1.44 bits per heavy atom. The molecular formula is C12H15BrN4O. The smallest absolute Gasteiger partial charge is 0.150 e. The second-order valence-electron chi connectivity index (χ2n) is 3.83. The molecule has 0 bridgehead atoms. The number of nitrogen functional groups attached to an aromatic ring is 2. The quantitative estimate of drug-likeness (QED) is 0.852. The van der Waals surface area contributed by atoms with Crippen LogP contribution in [0.5, 0.6) is 5.75 Å². The largest absolute Gasteiger partial charge is 0.496 e. The molecular weight excluding hydrogens is 296 g/mol. The minimum atomic E-state index is 0.462. The van der Waals surface area contributed by atoms with Crippen LogP contribution in [0.25, 0.3) is 11.3 Å². The van der Waals surface area contributed by atoms with Gasteiger partial charge in [0.1, 0.15) is 17.3 Å². The van der Waals surface area contributed by atoms with Crippen LogP contribution in [0.15, 0.2) is 22.7 Å². The van der Waals surface area contributed by atoms with Crippen molar-refractivity contribution in [2.75, 3.05) is 18.7 Å². The van der Waals surface area contributed by atoms with Crippen LogP contribution >= 0.6 is 15.9 Å². The van der Waals surface area contributed by atoms with E-state index < -0.39 is 0 Å². The van der Waals surface area contributed by atoms with Crippen molar-refractivity contribution >= 4 is 21.7 Å². The molecule has 6 heteroatoms. The van der Waals surface area contributed by atoms with Gasteiger partial charge in [-0.3, -0.25) is 0 Å². The first-order chi connectivity index (χ1) is 8.58. The number of ether oxygens (including phenoxy) is 1. The average molecular weight is 311 g/mol. The zero-order chi connectivity index (χ0) is 13.3. The molecule has 0 unspecified atom stereocenters. The van der Waals surface area contributed by atoms with Crippen molar-refractivity contribution < 1.29 is 4.74 Å². The van der Waals surface area contributed by atoms with Crippen molar-refractivity contribution in [3.63, 3.8) is 0 Å². The van der Waals surface area contributed by atoms with E-state index >= 15 is 0 Å². The summed E-state index contributed by atoms with van der Waals surface area (Å²) in [7, 11) is 1.62. The van der Waals surface area contributed by atoms with Gasteiger partial charge in [-0.2, -0.15) is 0 Å². The number of rotatable bonds is 3. The SMILES string of the molecule is CCc1nc(-c2ccc(OC)c(Br)c2)c(N)n1N. The molecule has 0 aliphatic heterocycles. The third-order valence-corrected chi connectivity index (χ3v) is 3.38. The first-order valence-corrected chi connectivity index (χ1v) is 6.33. The van der Waals surface area contributed by atoms with Crippen LogP contribution in [-0.4, -0.2) is 16.8 Å². The molecule has 4 N–H and O–H groups in total. The summed E-state index contributed by atoms with van der Waals surface area (Å²) in [5.41, 5.74) is 7.55. The highest BCUT2D eigenvalue weighted by Crippen LogP contribution is 2.32. The number of nitrogens with zero attached hydrogens (tertiary/aromatic N) is 2. The van der Waals surface area contributed by atoms with Crippen LogP contribution in [-0.2, 0) is 6.42 Å². The molecule has 2 aromatic rings. The summed E-state index contributed by atoms with van der Waals surface area (Å²) in [5, 5.41) is 0. The maximum Gasteiger partial charge on any atom is 0.150 e. The predicted octanol–water partition coefficient (Wildman–Crippen LogP) is 2.18. The number of imidazole rings is 1. The minimum Gasteiger partial charge on any atom is -0.496 e. The number of hydrogen-bond acceptors (Lipinski definition) is 4. The average Bonchev–Trinajstić information content (AvgIpc) is 2.66. The minimum absolute atomic E-state index is 0.462. The second-order valence-corrected chi connectivity index (χ2v) is 4.69. The van der Waals surface area contributed by atoms with E-state index in [-0.39, 0.29) is 0 Å². The van der Waals surface area contributed by atoms with Crippen molar-refractivity contribution in [3.8, 4) is 17.0 Å². The summed E-state index contributed by atoms with van der Waals surface area (Å²) in [6.07, 6.45) is 0.734. The lowest BCUT2D eigenvalue weighted by Crippen LogP contribution is -2.14. The Kier molecular flexibility index (Phi) is 3.47. The number of aryl methyl sites for hydroxylation is 1. The van der Waals surface area contributed by atoms with Gasteiger partial charge in [-0.05, 0) is 34.1 Å². The number of benzene rings is 1. The Morgan fingerprint density at radius 2 is 2.17 bits per heavy atom. The highest BCUT2D eigenvalue weighted by Gasteiger charge is 2.14. The Labute approximate surface area is 114 Å². The Bertz CT molecular complexity index is 580. The third-order valence-electron chi connectivity index (χ3n) is 2.76. The summed E-state index contributed by atoms with van der Waals surface area (Å²) in [6.45, 7) is 1.98. The van der Waals surface area contributed by atoms with E-state index in [1.165, 1.54) is 4.68 Å². The van der Waals surface area contributed by atoms with Gasteiger partial charge in [-0.25, -0.2) is 9.66 Å². The summed E-state index contributed by atoms with van der Waals surface area (Å²) < 4.78 is 7.47. The first kappa shape index (κ1) is 12.8. The van der Waals surface area contributed by atoms with Gasteiger partial charge in [-0.1, -0.05) is 6.92 Å². The van der Waals surface area contributed by atoms with Gasteiger partial charge in [0.05, 0.1) is 11.6 Å². The fourth-order valence-electron chi connectivity index (χ4n) is 1.77. The van der Waals surface area contributed by atoms with E-state index in [1.807, 2.05) is 25.1 Å². The van der Waals surface area contributed by atoms with Crippen LogP contribution in [0.3, 0.4) is 0 Å². The molecule has 0 aliphatic rings. The maximum atomic E-state index is 5.96. The summed E-state index contributed by atoms with van der Waals surface area (Å²) in [4.78, 5) is 4.45. The molecule has 5 nitrogen and oxygen atoms in total. The van der Waals surface area contributed by atoms with Crippen LogP contribution in [0, 0.1) is 0 Å². The summed E-state index contributed by atoms with van der Waals surface area (Å²) in [6, 6.07) is 5.68. The summed E-state index contributed by atoms with van der Waals surface area (Å²) in [5.74, 6) is 7.82. The normalized spacial score (nSPS) is 10.6. The van der Waals surface area contributed by atoms with Gasteiger partial charge < -0.3 is 16.3 Å². The molecule has 0 spiro atoms. The third kappa shape index (κ3) is 2.03. The molecule has 2 rings (SSSR count). The number of nitrogens with two attached hydrogens (primary N) is 2. The first-order valence-electron chi connectivity index (χ1n) is 5.54. The number of halogens is 1. The lowest BCUT2D eigenvalue weighted by molar-refractivity contribution is 0.412. The molecule has 96 valence electrons. The molecule has 0 aliphatic carbocycles. The summed E-state index contributed by atoms with van der Waals surface area (Å²) >= 11 is 3.44. The lowest BCUT2D eigenvalue weighted by atomic mass is 10.1. The van der Waals surface area contributed by atoms with Crippen LogP contribution in [0.2, 0.25) is 0 Å². The van der Waals surface area contributed by atoms with Crippen molar-refractivity contribution in [3.05, 3.63) is 28.5 Å². The van der Waals surface area contributed by atoms with Crippen molar-refractivity contribution in [2.45, 2.75) is 13.3 Å². The molecule has 0 radical (unpaired) electrons.